The molecule has 0 aliphatic carbocycles. The van der Waals surface area contributed by atoms with Crippen molar-refractivity contribution in [2.75, 3.05) is 24.3 Å². The van der Waals surface area contributed by atoms with Crippen LogP contribution in [0.2, 0.25) is 0 Å². The molecule has 0 aliphatic heterocycles. The smallest absolute Gasteiger partial charge is 0.221 e. The molecule has 0 fully saturated rings. The summed E-state index contributed by atoms with van der Waals surface area (Å²) in [6, 6.07) is 0. The first-order valence-electron chi connectivity index (χ1n) is 4.28. The lowest BCUT2D eigenvalue weighted by molar-refractivity contribution is 0.147. The van der Waals surface area contributed by atoms with E-state index in [1.165, 1.54) is 6.20 Å². The van der Waals surface area contributed by atoms with Crippen molar-refractivity contribution in [1.82, 2.24) is 9.97 Å². The fourth-order valence-corrected chi connectivity index (χ4v) is 1.17. The maximum absolute atomic E-state index is 9.09. The monoisotopic (exact) mass is 276 g/mol. The highest BCUT2D eigenvalue weighted by atomic mass is 79.9. The lowest BCUT2D eigenvalue weighted by Gasteiger charge is -2.27. The van der Waals surface area contributed by atoms with E-state index in [0.29, 0.717) is 10.3 Å². The lowest BCUT2D eigenvalue weighted by atomic mass is 10.1. The Morgan fingerprint density at radius 1 is 1.53 bits per heavy atom. The summed E-state index contributed by atoms with van der Waals surface area (Å²) < 4.78 is 0.616. The minimum absolute atomic E-state index is 0.124. The van der Waals surface area contributed by atoms with Gasteiger partial charge in [-0.25, -0.2) is 4.98 Å². The van der Waals surface area contributed by atoms with Crippen LogP contribution in [0.3, 0.4) is 0 Å². The number of hydrogen-bond donors (Lipinski definition) is 4. The second kappa shape index (κ2) is 4.73. The van der Waals surface area contributed by atoms with Crippen LogP contribution in [0.15, 0.2) is 10.7 Å². The minimum atomic E-state index is -0.844. The molecule has 15 heavy (non-hydrogen) atoms. The van der Waals surface area contributed by atoms with E-state index in [1.807, 2.05) is 0 Å². The molecule has 1 aromatic heterocycles. The third-order valence-electron chi connectivity index (χ3n) is 1.88. The summed E-state index contributed by atoms with van der Waals surface area (Å²) in [4.78, 5) is 7.72. The number of nitrogens with two attached hydrogens (primary N) is 1. The molecular weight excluding hydrogens is 264 g/mol. The first kappa shape index (κ1) is 12.2. The highest BCUT2D eigenvalue weighted by Gasteiger charge is 2.23. The highest BCUT2D eigenvalue weighted by Crippen LogP contribution is 2.22. The predicted octanol–water partition coefficient (Wildman–Crippen LogP) is -0.0235. The Kier molecular flexibility index (Phi) is 3.83. The lowest BCUT2D eigenvalue weighted by Crippen LogP contribution is -2.43. The third-order valence-corrected chi connectivity index (χ3v) is 2.46. The maximum atomic E-state index is 9.09. The van der Waals surface area contributed by atoms with E-state index >= 15 is 0 Å². The van der Waals surface area contributed by atoms with E-state index < -0.39 is 5.54 Å². The van der Waals surface area contributed by atoms with Gasteiger partial charge in [0.25, 0.3) is 0 Å². The van der Waals surface area contributed by atoms with Gasteiger partial charge in [-0.1, -0.05) is 0 Å². The van der Waals surface area contributed by atoms with Gasteiger partial charge in [0.2, 0.25) is 5.95 Å². The molecule has 5 N–H and O–H groups in total. The molecule has 7 heteroatoms. The molecule has 0 spiro atoms. The van der Waals surface area contributed by atoms with Crippen LogP contribution in [0.5, 0.6) is 0 Å². The fraction of sp³-hybridized carbons (Fsp3) is 0.500. The van der Waals surface area contributed by atoms with Gasteiger partial charge < -0.3 is 21.3 Å². The van der Waals surface area contributed by atoms with Crippen LogP contribution in [0, 0.1) is 0 Å². The molecule has 84 valence electrons. The number of hydrogen-bond acceptors (Lipinski definition) is 6. The van der Waals surface area contributed by atoms with Crippen LogP contribution in [0.4, 0.5) is 11.8 Å². The van der Waals surface area contributed by atoms with E-state index in [0.717, 1.165) is 0 Å². The van der Waals surface area contributed by atoms with E-state index in [-0.39, 0.29) is 19.2 Å². The van der Waals surface area contributed by atoms with Crippen molar-refractivity contribution in [1.29, 1.82) is 0 Å². The molecule has 0 unspecified atom stereocenters. The van der Waals surface area contributed by atoms with Crippen molar-refractivity contribution in [2.45, 2.75) is 12.5 Å². The zero-order chi connectivity index (χ0) is 11.5. The Hall–Kier alpha value is -0.920. The molecule has 1 heterocycles. The molecule has 0 bridgehead atoms. The number of nitrogens with one attached hydrogen (secondary N) is 1. The van der Waals surface area contributed by atoms with Crippen molar-refractivity contribution in [2.24, 2.45) is 0 Å². The first-order chi connectivity index (χ1) is 7.00. The molecule has 0 atom stereocenters. The molecule has 0 aromatic carbocycles. The zero-order valence-electron chi connectivity index (χ0n) is 8.24. The van der Waals surface area contributed by atoms with E-state index in [9.17, 15) is 0 Å². The van der Waals surface area contributed by atoms with E-state index in [4.69, 9.17) is 15.9 Å². The summed E-state index contributed by atoms with van der Waals surface area (Å²) in [5, 5.41) is 21.1. The second-order valence-corrected chi connectivity index (χ2v) is 4.28. The summed E-state index contributed by atoms with van der Waals surface area (Å²) in [5.74, 6) is 0.562. The minimum Gasteiger partial charge on any atom is -0.394 e. The Labute approximate surface area is 95.7 Å². The summed E-state index contributed by atoms with van der Waals surface area (Å²) >= 11 is 3.24. The van der Waals surface area contributed by atoms with Gasteiger partial charge in [-0.2, -0.15) is 4.98 Å². The van der Waals surface area contributed by atoms with Crippen molar-refractivity contribution in [3.63, 3.8) is 0 Å². The van der Waals surface area contributed by atoms with Crippen molar-refractivity contribution >= 4 is 27.7 Å². The van der Waals surface area contributed by atoms with Gasteiger partial charge in [-0.3, -0.25) is 0 Å². The van der Waals surface area contributed by atoms with Gasteiger partial charge in [-0.15, -0.1) is 0 Å². The summed E-state index contributed by atoms with van der Waals surface area (Å²) in [6.07, 6.45) is 1.50. The molecule has 0 radical (unpaired) electrons. The number of halogens is 1. The average Bonchev–Trinajstić information content (AvgIpc) is 2.23. The Morgan fingerprint density at radius 2 is 2.13 bits per heavy atom. The number of anilines is 2. The number of rotatable bonds is 4. The number of nitrogen functional groups attached to an aromatic ring is 1. The van der Waals surface area contributed by atoms with Gasteiger partial charge in [0.1, 0.15) is 5.82 Å². The SMILES string of the molecule is CC(CO)(CO)Nc1nc(N)ncc1Br. The van der Waals surface area contributed by atoms with Crippen LogP contribution in [-0.4, -0.2) is 38.9 Å². The Bertz CT molecular complexity index is 343. The van der Waals surface area contributed by atoms with Crippen LogP contribution in [0.1, 0.15) is 6.92 Å². The predicted molar refractivity (Wildman–Crippen MR) is 60.3 cm³/mol. The van der Waals surface area contributed by atoms with Gasteiger partial charge >= 0.3 is 0 Å². The van der Waals surface area contributed by atoms with Gasteiger partial charge in [0.05, 0.1) is 23.2 Å². The molecular formula is C8H13BrN4O2. The van der Waals surface area contributed by atoms with E-state index in [2.05, 4.69) is 31.2 Å². The highest BCUT2D eigenvalue weighted by molar-refractivity contribution is 9.10. The number of nitrogens with zero attached hydrogens (tertiary/aromatic N) is 2. The molecule has 6 nitrogen and oxygen atoms in total. The van der Waals surface area contributed by atoms with Crippen molar-refractivity contribution in [3.05, 3.63) is 10.7 Å². The normalized spacial score (nSPS) is 11.5. The number of aromatic nitrogens is 2. The molecule has 1 rings (SSSR count). The molecule has 1 aromatic rings. The average molecular weight is 277 g/mol. The van der Waals surface area contributed by atoms with E-state index in [1.54, 1.807) is 6.92 Å². The Morgan fingerprint density at radius 3 is 2.67 bits per heavy atom. The van der Waals surface area contributed by atoms with Crippen LogP contribution in [0.25, 0.3) is 0 Å². The zero-order valence-corrected chi connectivity index (χ0v) is 9.82. The topological polar surface area (TPSA) is 104 Å². The van der Waals surface area contributed by atoms with Crippen LogP contribution in [-0.2, 0) is 0 Å². The summed E-state index contributed by atoms with van der Waals surface area (Å²) in [7, 11) is 0. The van der Waals surface area contributed by atoms with Crippen molar-refractivity contribution in [3.8, 4) is 0 Å². The van der Waals surface area contributed by atoms with Crippen LogP contribution >= 0.6 is 15.9 Å². The fourth-order valence-electron chi connectivity index (χ4n) is 0.883. The third kappa shape index (κ3) is 3.01. The van der Waals surface area contributed by atoms with Crippen molar-refractivity contribution < 1.29 is 10.2 Å². The molecule has 0 saturated heterocycles. The first-order valence-corrected chi connectivity index (χ1v) is 5.08. The summed E-state index contributed by atoms with van der Waals surface area (Å²) in [5.41, 5.74) is 4.58. The second-order valence-electron chi connectivity index (χ2n) is 3.43. The molecule has 0 aliphatic rings. The number of aliphatic hydroxyl groups is 2. The summed E-state index contributed by atoms with van der Waals surface area (Å²) in [6.45, 7) is 1.22. The van der Waals surface area contributed by atoms with Gasteiger partial charge in [-0.05, 0) is 22.9 Å². The molecule has 0 amide bonds. The van der Waals surface area contributed by atoms with Gasteiger partial charge in [0, 0.05) is 6.20 Å². The largest absolute Gasteiger partial charge is 0.394 e. The number of aliphatic hydroxyl groups excluding tert-OH is 2. The molecule has 0 saturated carbocycles. The standard InChI is InChI=1S/C8H13BrN4O2/c1-8(3-14,4-15)13-6-5(9)2-11-7(10)12-6/h2,14-15H,3-4H2,1H3,(H3,10,11,12,13). The Balaban J connectivity index is 2.92. The van der Waals surface area contributed by atoms with Gasteiger partial charge in [0.15, 0.2) is 0 Å². The quantitative estimate of drug-likeness (QED) is 0.616. The van der Waals surface area contributed by atoms with Crippen LogP contribution < -0.4 is 11.1 Å². The maximum Gasteiger partial charge on any atom is 0.221 e.